The van der Waals surface area contributed by atoms with Crippen LogP contribution < -0.4 is 10.9 Å². The minimum Gasteiger partial charge on any atom is -0.348 e. The molecule has 5 nitrogen and oxygen atoms in total. The first kappa shape index (κ1) is 17.2. The Bertz CT molecular complexity index is 899. The van der Waals surface area contributed by atoms with Crippen LogP contribution in [0.2, 0.25) is 0 Å². The van der Waals surface area contributed by atoms with Gasteiger partial charge in [-0.05, 0) is 36.7 Å². The second-order valence-corrected chi connectivity index (χ2v) is 8.01. The average Bonchev–Trinajstić information content (AvgIpc) is 3.24. The van der Waals surface area contributed by atoms with E-state index in [-0.39, 0.29) is 23.3 Å². The van der Waals surface area contributed by atoms with Crippen LogP contribution in [0, 0.1) is 0 Å². The molecule has 1 amide bonds. The zero-order valence-corrected chi connectivity index (χ0v) is 15.8. The van der Waals surface area contributed by atoms with Gasteiger partial charge in [-0.1, -0.05) is 17.8 Å². The molecule has 8 heteroatoms. The molecular formula is C16H17N3O2S3. The van der Waals surface area contributed by atoms with Gasteiger partial charge in [-0.2, -0.15) is 0 Å². The van der Waals surface area contributed by atoms with Crippen LogP contribution >= 0.6 is 34.4 Å². The van der Waals surface area contributed by atoms with Crippen LogP contribution in [0.3, 0.4) is 0 Å². The molecule has 0 saturated carbocycles. The van der Waals surface area contributed by atoms with Crippen molar-refractivity contribution >= 4 is 50.6 Å². The number of fused-ring (bicyclic) bond motifs is 1. The summed E-state index contributed by atoms with van der Waals surface area (Å²) in [4.78, 5) is 30.3. The lowest BCUT2D eigenvalue weighted by molar-refractivity contribution is -0.119. The molecule has 0 aliphatic carbocycles. The van der Waals surface area contributed by atoms with Crippen LogP contribution in [0.5, 0.6) is 0 Å². The minimum absolute atomic E-state index is 0.0150. The number of rotatable bonds is 6. The lowest BCUT2D eigenvalue weighted by atomic mass is 10.3. The fourth-order valence-corrected chi connectivity index (χ4v) is 4.72. The highest BCUT2D eigenvalue weighted by Gasteiger charge is 2.15. The monoisotopic (exact) mass is 379 g/mol. The fourth-order valence-electron chi connectivity index (χ4n) is 2.33. The van der Waals surface area contributed by atoms with E-state index >= 15 is 0 Å². The number of nitrogens with one attached hydrogen (secondary N) is 1. The number of hydrogen-bond donors (Lipinski definition) is 1. The Balaban J connectivity index is 1.71. The van der Waals surface area contributed by atoms with E-state index in [1.54, 1.807) is 15.9 Å². The molecule has 0 aromatic carbocycles. The van der Waals surface area contributed by atoms with Crippen LogP contribution in [0.25, 0.3) is 10.2 Å². The molecule has 0 saturated heterocycles. The van der Waals surface area contributed by atoms with E-state index in [2.05, 4.69) is 10.3 Å². The molecule has 0 spiro atoms. The predicted octanol–water partition coefficient (Wildman–Crippen LogP) is 3.51. The molecule has 24 heavy (non-hydrogen) atoms. The Labute approximate surface area is 151 Å². The van der Waals surface area contributed by atoms with Crippen LogP contribution in [-0.2, 0) is 11.3 Å². The van der Waals surface area contributed by atoms with Gasteiger partial charge in [-0.15, -0.1) is 22.7 Å². The zero-order valence-electron chi connectivity index (χ0n) is 13.3. The summed E-state index contributed by atoms with van der Waals surface area (Å²) in [6.45, 7) is 4.41. The second-order valence-electron chi connectivity index (χ2n) is 5.17. The molecule has 3 heterocycles. The number of hydrogen-bond acceptors (Lipinski definition) is 6. The summed E-state index contributed by atoms with van der Waals surface area (Å²) in [7, 11) is 0. The molecule has 0 aliphatic rings. The maximum Gasteiger partial charge on any atom is 0.272 e. The third kappa shape index (κ3) is 3.55. The molecule has 3 aromatic rings. The standard InChI is InChI=1S/C16H17N3O2S3/c1-3-19-15(21)14-11(6-8-23-14)18-16(19)24-9-13(20)17-10(2)12-5-4-7-22-12/h4-8,10H,3,9H2,1-2H3,(H,17,20)/t10-/m1/s1. The van der Waals surface area contributed by atoms with Crippen molar-refractivity contribution in [3.63, 3.8) is 0 Å². The number of amides is 1. The molecule has 3 aromatic heterocycles. The van der Waals surface area contributed by atoms with E-state index in [1.807, 2.05) is 42.8 Å². The van der Waals surface area contributed by atoms with Gasteiger partial charge in [0.15, 0.2) is 5.16 Å². The van der Waals surface area contributed by atoms with E-state index in [4.69, 9.17) is 0 Å². The Morgan fingerprint density at radius 3 is 2.92 bits per heavy atom. The smallest absolute Gasteiger partial charge is 0.272 e. The summed E-state index contributed by atoms with van der Waals surface area (Å²) in [5, 5.41) is 7.42. The molecule has 1 atom stereocenters. The summed E-state index contributed by atoms with van der Waals surface area (Å²) < 4.78 is 2.29. The number of carbonyl (C=O) groups excluding carboxylic acids is 1. The van der Waals surface area contributed by atoms with Crippen molar-refractivity contribution in [2.75, 3.05) is 5.75 Å². The van der Waals surface area contributed by atoms with E-state index < -0.39 is 0 Å². The van der Waals surface area contributed by atoms with Gasteiger partial charge >= 0.3 is 0 Å². The van der Waals surface area contributed by atoms with Crippen LogP contribution in [-0.4, -0.2) is 21.2 Å². The Morgan fingerprint density at radius 2 is 2.21 bits per heavy atom. The SMILES string of the molecule is CCn1c(SCC(=O)N[C@H](C)c2cccs2)nc2ccsc2c1=O. The summed E-state index contributed by atoms with van der Waals surface area (Å²) in [6, 6.07) is 5.80. The zero-order chi connectivity index (χ0) is 17.1. The summed E-state index contributed by atoms with van der Waals surface area (Å²) in [6.07, 6.45) is 0. The van der Waals surface area contributed by atoms with E-state index in [9.17, 15) is 9.59 Å². The third-order valence-corrected chi connectivity index (χ3v) is 6.45. The normalized spacial score (nSPS) is 12.4. The topological polar surface area (TPSA) is 64.0 Å². The predicted molar refractivity (Wildman–Crippen MR) is 101 cm³/mol. The summed E-state index contributed by atoms with van der Waals surface area (Å²) in [5.41, 5.74) is 0.664. The van der Waals surface area contributed by atoms with Crippen molar-refractivity contribution in [1.29, 1.82) is 0 Å². The Kier molecular flexibility index (Phi) is 5.37. The molecule has 0 fully saturated rings. The minimum atomic E-state index is -0.0665. The first-order chi connectivity index (χ1) is 11.6. The van der Waals surface area contributed by atoms with Crippen molar-refractivity contribution < 1.29 is 4.79 Å². The molecule has 1 N–H and O–H groups in total. The highest BCUT2D eigenvalue weighted by Crippen LogP contribution is 2.22. The number of aromatic nitrogens is 2. The maximum absolute atomic E-state index is 12.4. The van der Waals surface area contributed by atoms with Gasteiger partial charge in [-0.25, -0.2) is 4.98 Å². The van der Waals surface area contributed by atoms with Crippen LogP contribution in [0.4, 0.5) is 0 Å². The Hall–Kier alpha value is -1.64. The Morgan fingerprint density at radius 1 is 1.38 bits per heavy atom. The molecular weight excluding hydrogens is 362 g/mol. The van der Waals surface area contributed by atoms with Crippen molar-refractivity contribution in [1.82, 2.24) is 14.9 Å². The van der Waals surface area contributed by atoms with Gasteiger partial charge in [0, 0.05) is 11.4 Å². The van der Waals surface area contributed by atoms with Gasteiger partial charge in [0.1, 0.15) is 4.70 Å². The van der Waals surface area contributed by atoms with Gasteiger partial charge in [0.2, 0.25) is 5.91 Å². The largest absolute Gasteiger partial charge is 0.348 e. The third-order valence-electron chi connectivity index (χ3n) is 3.53. The first-order valence-corrected chi connectivity index (χ1v) is 10.3. The number of thioether (sulfide) groups is 1. The molecule has 126 valence electrons. The quantitative estimate of drug-likeness (QED) is 0.526. The van der Waals surface area contributed by atoms with E-state index in [0.717, 1.165) is 4.88 Å². The lowest BCUT2D eigenvalue weighted by Crippen LogP contribution is -2.28. The van der Waals surface area contributed by atoms with Gasteiger partial charge in [-0.3, -0.25) is 14.2 Å². The molecule has 3 rings (SSSR count). The number of carbonyl (C=O) groups is 1. The summed E-state index contributed by atoms with van der Waals surface area (Å²) in [5.74, 6) is 0.167. The van der Waals surface area contributed by atoms with E-state index in [0.29, 0.717) is 21.9 Å². The number of thiophene rings is 2. The second kappa shape index (κ2) is 7.50. The molecule has 0 radical (unpaired) electrons. The van der Waals surface area contributed by atoms with Crippen LogP contribution in [0.1, 0.15) is 24.8 Å². The highest BCUT2D eigenvalue weighted by molar-refractivity contribution is 7.99. The van der Waals surface area contributed by atoms with Gasteiger partial charge in [0.25, 0.3) is 5.56 Å². The van der Waals surface area contributed by atoms with Crippen LogP contribution in [0.15, 0.2) is 38.9 Å². The number of nitrogens with zero attached hydrogens (tertiary/aromatic N) is 2. The van der Waals surface area contributed by atoms with Crippen molar-refractivity contribution in [2.45, 2.75) is 31.6 Å². The maximum atomic E-state index is 12.4. The lowest BCUT2D eigenvalue weighted by Gasteiger charge is -2.13. The summed E-state index contributed by atoms with van der Waals surface area (Å²) >= 11 is 4.32. The first-order valence-electron chi connectivity index (χ1n) is 7.53. The fraction of sp³-hybridized carbons (Fsp3) is 0.312. The van der Waals surface area contributed by atoms with Crippen molar-refractivity contribution in [2.24, 2.45) is 0 Å². The van der Waals surface area contributed by atoms with Crippen molar-refractivity contribution in [3.8, 4) is 0 Å². The van der Waals surface area contributed by atoms with Crippen molar-refractivity contribution in [3.05, 3.63) is 44.2 Å². The van der Waals surface area contributed by atoms with Gasteiger partial charge in [0.05, 0.1) is 17.3 Å². The van der Waals surface area contributed by atoms with E-state index in [1.165, 1.54) is 23.1 Å². The highest BCUT2D eigenvalue weighted by atomic mass is 32.2. The molecule has 0 bridgehead atoms. The molecule has 0 unspecified atom stereocenters. The average molecular weight is 380 g/mol. The van der Waals surface area contributed by atoms with Gasteiger partial charge < -0.3 is 5.32 Å². The molecule has 0 aliphatic heterocycles.